The molecule has 0 bridgehead atoms. The average molecular weight is 116 g/mol. The van der Waals surface area contributed by atoms with E-state index in [9.17, 15) is 0 Å². The van der Waals surface area contributed by atoms with Gasteiger partial charge in [-0.05, 0) is 0 Å². The minimum absolute atomic E-state index is 1.25. The number of hydrazine groups is 1. The molecule has 0 spiro atoms. The van der Waals surface area contributed by atoms with Crippen LogP contribution in [0.2, 0.25) is 0 Å². The highest BCUT2D eigenvalue weighted by molar-refractivity contribution is 5.60. The molecule has 0 aliphatic heterocycles. The Bertz CT molecular complexity index is 72.5. The van der Waals surface area contributed by atoms with E-state index in [4.69, 9.17) is 11.7 Å². The van der Waals surface area contributed by atoms with Gasteiger partial charge in [-0.2, -0.15) is 10.2 Å². The van der Waals surface area contributed by atoms with E-state index < -0.39 is 0 Å². The van der Waals surface area contributed by atoms with Crippen molar-refractivity contribution in [2.75, 3.05) is 0 Å². The molecule has 0 aliphatic rings. The van der Waals surface area contributed by atoms with Crippen molar-refractivity contribution < 1.29 is 0 Å². The molecule has 0 aliphatic carbocycles. The summed E-state index contributed by atoms with van der Waals surface area (Å²) in [6.07, 6.45) is 2.50. The molecule has 0 unspecified atom stereocenters. The second kappa shape index (κ2) is 5.54. The van der Waals surface area contributed by atoms with Gasteiger partial charge in [0, 0.05) is 0 Å². The molecular weight excluding hydrogens is 108 g/mol. The molecule has 0 radical (unpaired) electrons. The van der Waals surface area contributed by atoms with Crippen LogP contribution in [-0.4, -0.2) is 12.7 Å². The lowest BCUT2D eigenvalue weighted by molar-refractivity contribution is 0.888. The van der Waals surface area contributed by atoms with Gasteiger partial charge in [-0.3, -0.25) is 10.9 Å². The Morgan fingerprint density at radius 1 is 1.00 bits per heavy atom. The van der Waals surface area contributed by atoms with Crippen LogP contribution >= 0.6 is 0 Å². The maximum atomic E-state index is 4.70. The van der Waals surface area contributed by atoms with Crippen molar-refractivity contribution in [1.82, 2.24) is 10.9 Å². The SMILES string of the molecule is N/N=C/NN/C=N/N. The van der Waals surface area contributed by atoms with Crippen LogP contribution in [0.1, 0.15) is 0 Å². The molecule has 0 saturated heterocycles. The van der Waals surface area contributed by atoms with Crippen LogP contribution in [-0.2, 0) is 0 Å². The highest BCUT2D eigenvalue weighted by Crippen LogP contribution is 1.35. The molecule has 0 saturated carbocycles. The van der Waals surface area contributed by atoms with Crippen LogP contribution < -0.4 is 22.5 Å². The number of nitrogens with two attached hydrogens (primary N) is 2. The zero-order valence-corrected chi connectivity index (χ0v) is 4.20. The summed E-state index contributed by atoms with van der Waals surface area (Å²) < 4.78 is 0. The number of rotatable bonds is 3. The van der Waals surface area contributed by atoms with Gasteiger partial charge in [0.15, 0.2) is 0 Å². The number of hydrazone groups is 2. The van der Waals surface area contributed by atoms with Gasteiger partial charge in [0.1, 0.15) is 12.7 Å². The van der Waals surface area contributed by atoms with Crippen LogP contribution in [0.4, 0.5) is 0 Å². The van der Waals surface area contributed by atoms with Gasteiger partial charge in [-0.15, -0.1) is 0 Å². The van der Waals surface area contributed by atoms with Crippen molar-refractivity contribution in [2.24, 2.45) is 21.9 Å². The summed E-state index contributed by atoms with van der Waals surface area (Å²) >= 11 is 0. The van der Waals surface area contributed by atoms with E-state index in [1.165, 1.54) is 12.7 Å². The average Bonchev–Trinajstić information content (AvgIpc) is 1.81. The highest BCUT2D eigenvalue weighted by atomic mass is 15.4. The number of hydrogen-bond acceptors (Lipinski definition) is 4. The van der Waals surface area contributed by atoms with E-state index in [1.54, 1.807) is 0 Å². The molecular formula is C2H8N6. The van der Waals surface area contributed by atoms with Gasteiger partial charge >= 0.3 is 0 Å². The topological polar surface area (TPSA) is 101 Å². The van der Waals surface area contributed by atoms with E-state index >= 15 is 0 Å². The molecule has 6 N–H and O–H groups in total. The molecule has 6 nitrogen and oxygen atoms in total. The van der Waals surface area contributed by atoms with Crippen molar-refractivity contribution in [3.05, 3.63) is 0 Å². The smallest absolute Gasteiger partial charge is 0.126 e. The van der Waals surface area contributed by atoms with E-state index in [0.29, 0.717) is 0 Å². The molecule has 0 aromatic rings. The van der Waals surface area contributed by atoms with Crippen LogP contribution in [0.5, 0.6) is 0 Å². The van der Waals surface area contributed by atoms with E-state index in [-0.39, 0.29) is 0 Å². The summed E-state index contributed by atoms with van der Waals surface area (Å²) in [6, 6.07) is 0. The molecule has 46 valence electrons. The van der Waals surface area contributed by atoms with Gasteiger partial charge in [0.2, 0.25) is 0 Å². The van der Waals surface area contributed by atoms with Crippen LogP contribution in [0, 0.1) is 0 Å². The van der Waals surface area contributed by atoms with Crippen LogP contribution in [0.3, 0.4) is 0 Å². The predicted molar refractivity (Wildman–Crippen MR) is 31.6 cm³/mol. The van der Waals surface area contributed by atoms with E-state index in [2.05, 4.69) is 21.1 Å². The summed E-state index contributed by atoms with van der Waals surface area (Å²) in [7, 11) is 0. The molecule has 0 aromatic carbocycles. The summed E-state index contributed by atoms with van der Waals surface area (Å²) in [4.78, 5) is 0. The number of nitrogens with one attached hydrogen (secondary N) is 2. The molecule has 0 atom stereocenters. The largest absolute Gasteiger partial charge is 0.322 e. The quantitative estimate of drug-likeness (QED) is 0.111. The summed E-state index contributed by atoms with van der Waals surface area (Å²) in [5.41, 5.74) is 4.88. The lowest BCUT2D eigenvalue weighted by atomic mass is 11.2. The molecule has 0 amide bonds. The van der Waals surface area contributed by atoms with Gasteiger partial charge in [0.05, 0.1) is 0 Å². The van der Waals surface area contributed by atoms with Crippen molar-refractivity contribution in [2.45, 2.75) is 0 Å². The summed E-state index contributed by atoms with van der Waals surface area (Å²) in [5.74, 6) is 9.40. The van der Waals surface area contributed by atoms with Crippen molar-refractivity contribution in [3.63, 3.8) is 0 Å². The first-order valence-corrected chi connectivity index (χ1v) is 1.86. The fourth-order valence-corrected chi connectivity index (χ4v) is 0.149. The molecule has 0 aromatic heterocycles. The Balaban J connectivity index is 2.93. The maximum absolute atomic E-state index is 4.70. The molecule has 0 heterocycles. The van der Waals surface area contributed by atoms with Crippen molar-refractivity contribution in [3.8, 4) is 0 Å². The van der Waals surface area contributed by atoms with E-state index in [0.717, 1.165) is 0 Å². The maximum Gasteiger partial charge on any atom is 0.126 e. The van der Waals surface area contributed by atoms with Gasteiger partial charge < -0.3 is 11.7 Å². The monoisotopic (exact) mass is 116 g/mol. The minimum atomic E-state index is 1.25. The third-order valence-electron chi connectivity index (χ3n) is 0.362. The van der Waals surface area contributed by atoms with Crippen molar-refractivity contribution in [1.29, 1.82) is 0 Å². The second-order valence-corrected chi connectivity index (χ2v) is 0.845. The molecule has 0 fully saturated rings. The standard InChI is InChI=1S/C2H8N6/c3-5-1-7-8-2-6-4/h1-2H,3-4H2,(H,5,7)(H,6,8). The Labute approximate surface area is 46.6 Å². The zero-order chi connectivity index (χ0) is 6.24. The van der Waals surface area contributed by atoms with Gasteiger partial charge in [-0.25, -0.2) is 0 Å². The Morgan fingerprint density at radius 2 is 1.38 bits per heavy atom. The van der Waals surface area contributed by atoms with Crippen LogP contribution in [0.25, 0.3) is 0 Å². The fraction of sp³-hybridized carbons (Fsp3) is 0. The van der Waals surface area contributed by atoms with Crippen molar-refractivity contribution >= 4 is 12.7 Å². The van der Waals surface area contributed by atoms with Gasteiger partial charge in [-0.1, -0.05) is 0 Å². The normalized spacial score (nSPS) is 10.5. The minimum Gasteiger partial charge on any atom is -0.322 e. The Hall–Kier alpha value is -1.46. The Morgan fingerprint density at radius 3 is 1.62 bits per heavy atom. The first-order valence-electron chi connectivity index (χ1n) is 1.86. The first kappa shape index (κ1) is 6.54. The third kappa shape index (κ3) is 4.54. The Kier molecular flexibility index (Phi) is 4.53. The lowest BCUT2D eigenvalue weighted by Crippen LogP contribution is -2.29. The molecule has 0 rings (SSSR count). The first-order chi connectivity index (χ1) is 3.91. The lowest BCUT2D eigenvalue weighted by Gasteiger charge is -1.91. The zero-order valence-electron chi connectivity index (χ0n) is 4.20. The molecule has 8 heavy (non-hydrogen) atoms. The molecule has 6 heteroatoms. The van der Waals surface area contributed by atoms with Crippen LogP contribution in [0.15, 0.2) is 10.2 Å². The summed E-state index contributed by atoms with van der Waals surface area (Å²) in [6.45, 7) is 0. The summed E-state index contributed by atoms with van der Waals surface area (Å²) in [5, 5.41) is 6.21. The predicted octanol–water partition coefficient (Wildman–Crippen LogP) is -2.12. The number of hydrogen-bond donors (Lipinski definition) is 4. The van der Waals surface area contributed by atoms with E-state index in [1.807, 2.05) is 0 Å². The second-order valence-electron chi connectivity index (χ2n) is 0.845. The fourth-order valence-electron chi connectivity index (χ4n) is 0.149. The highest BCUT2D eigenvalue weighted by Gasteiger charge is 1.62. The number of nitrogens with zero attached hydrogens (tertiary/aromatic N) is 2. The van der Waals surface area contributed by atoms with Gasteiger partial charge in [0.25, 0.3) is 0 Å². The third-order valence-corrected chi connectivity index (χ3v) is 0.362.